The van der Waals surface area contributed by atoms with Crippen LogP contribution in [0.1, 0.15) is 25.7 Å². The fourth-order valence-corrected chi connectivity index (χ4v) is 2.46. The fourth-order valence-electron chi connectivity index (χ4n) is 2.12. The third-order valence-electron chi connectivity index (χ3n) is 2.85. The molecule has 16 heavy (non-hydrogen) atoms. The Balaban J connectivity index is 2.29. The minimum Gasteiger partial charge on any atom is -0.395 e. The number of phosphoric acid groups is 1. The Morgan fingerprint density at radius 3 is 2.75 bits per heavy atom. The number of aliphatic hydroxyl groups is 1. The predicted octanol–water partition coefficient (Wildman–Crippen LogP) is 0.333. The van der Waals surface area contributed by atoms with Crippen LogP contribution in [0.3, 0.4) is 0 Å². The van der Waals surface area contributed by atoms with E-state index in [0.29, 0.717) is 13.0 Å². The van der Waals surface area contributed by atoms with Crippen molar-refractivity contribution >= 4 is 7.82 Å². The summed E-state index contributed by atoms with van der Waals surface area (Å²) in [4.78, 5) is 19.3. The summed E-state index contributed by atoms with van der Waals surface area (Å²) in [5.74, 6) is 0. The number of aliphatic hydroxyl groups excluding tert-OH is 1. The third-order valence-corrected chi connectivity index (χ3v) is 3.37. The van der Waals surface area contributed by atoms with Gasteiger partial charge in [0.25, 0.3) is 0 Å². The lowest BCUT2D eigenvalue weighted by Gasteiger charge is -2.35. The Hall–Kier alpha value is 0.0300. The molecule has 3 N–H and O–H groups in total. The molecule has 1 unspecified atom stereocenters. The Labute approximate surface area is 95.5 Å². The van der Waals surface area contributed by atoms with Gasteiger partial charge in [0.05, 0.1) is 13.2 Å². The number of rotatable bonds is 6. The number of likely N-dealkylation sites (tertiary alicyclic amines) is 1. The number of nitrogens with zero attached hydrogens (tertiary/aromatic N) is 1. The van der Waals surface area contributed by atoms with Gasteiger partial charge in [0.15, 0.2) is 0 Å². The lowest BCUT2D eigenvalue weighted by Crippen LogP contribution is -2.41. The standard InChI is InChI=1S/C9H20NO5P/c11-7-6-10-5-2-1-3-9(10)4-8-15-16(12,13)14/h9,11H,1-8H2,(H2,12,13,14). The molecule has 96 valence electrons. The van der Waals surface area contributed by atoms with E-state index in [4.69, 9.17) is 14.9 Å². The van der Waals surface area contributed by atoms with Gasteiger partial charge in [-0.1, -0.05) is 6.42 Å². The van der Waals surface area contributed by atoms with Gasteiger partial charge in [-0.05, 0) is 25.8 Å². The summed E-state index contributed by atoms with van der Waals surface area (Å²) in [7, 11) is -4.34. The third kappa shape index (κ3) is 5.39. The first-order valence-electron chi connectivity index (χ1n) is 5.58. The average Bonchev–Trinajstić information content (AvgIpc) is 2.19. The minimum atomic E-state index is -4.34. The molecule has 0 radical (unpaired) electrons. The van der Waals surface area contributed by atoms with E-state index in [1.165, 1.54) is 0 Å². The Kier molecular flexibility index (Phi) is 5.89. The lowest BCUT2D eigenvalue weighted by atomic mass is 10.00. The van der Waals surface area contributed by atoms with E-state index < -0.39 is 7.82 Å². The summed E-state index contributed by atoms with van der Waals surface area (Å²) < 4.78 is 14.9. The van der Waals surface area contributed by atoms with E-state index in [9.17, 15) is 4.57 Å². The highest BCUT2D eigenvalue weighted by Gasteiger charge is 2.23. The fraction of sp³-hybridized carbons (Fsp3) is 1.00. The van der Waals surface area contributed by atoms with Gasteiger partial charge in [-0.3, -0.25) is 9.42 Å². The number of hydrogen-bond acceptors (Lipinski definition) is 4. The van der Waals surface area contributed by atoms with E-state index in [1.54, 1.807) is 0 Å². The van der Waals surface area contributed by atoms with Crippen molar-refractivity contribution in [3.63, 3.8) is 0 Å². The highest BCUT2D eigenvalue weighted by molar-refractivity contribution is 7.46. The maximum Gasteiger partial charge on any atom is 0.469 e. The average molecular weight is 253 g/mol. The monoisotopic (exact) mass is 253 g/mol. The normalized spacial score (nSPS) is 23.6. The topological polar surface area (TPSA) is 90.2 Å². The quantitative estimate of drug-likeness (QED) is 0.591. The van der Waals surface area contributed by atoms with E-state index in [0.717, 1.165) is 25.8 Å². The Morgan fingerprint density at radius 1 is 1.38 bits per heavy atom. The van der Waals surface area contributed by atoms with Crippen molar-refractivity contribution in [3.05, 3.63) is 0 Å². The maximum absolute atomic E-state index is 10.5. The van der Waals surface area contributed by atoms with Crippen LogP contribution >= 0.6 is 7.82 Å². The molecular weight excluding hydrogens is 233 g/mol. The molecule has 1 rings (SSSR count). The van der Waals surface area contributed by atoms with E-state index >= 15 is 0 Å². The number of phosphoric ester groups is 1. The van der Waals surface area contributed by atoms with Gasteiger partial charge in [-0.25, -0.2) is 4.57 Å². The van der Waals surface area contributed by atoms with Gasteiger partial charge >= 0.3 is 7.82 Å². The van der Waals surface area contributed by atoms with E-state index in [-0.39, 0.29) is 19.3 Å². The van der Waals surface area contributed by atoms with Crippen molar-refractivity contribution in [1.82, 2.24) is 4.90 Å². The van der Waals surface area contributed by atoms with E-state index in [2.05, 4.69) is 9.42 Å². The first-order chi connectivity index (χ1) is 7.53. The first kappa shape index (κ1) is 14.1. The minimum absolute atomic E-state index is 0.0663. The number of hydrogen-bond donors (Lipinski definition) is 3. The maximum atomic E-state index is 10.5. The van der Waals surface area contributed by atoms with Crippen LogP contribution in [0, 0.1) is 0 Å². The Bertz CT molecular complexity index is 242. The van der Waals surface area contributed by atoms with Crippen LogP contribution in [0.5, 0.6) is 0 Å². The molecule has 0 aliphatic carbocycles. The summed E-state index contributed by atoms with van der Waals surface area (Å²) >= 11 is 0. The first-order valence-corrected chi connectivity index (χ1v) is 7.11. The van der Waals surface area contributed by atoms with Crippen LogP contribution < -0.4 is 0 Å². The summed E-state index contributed by atoms with van der Waals surface area (Å²) in [5.41, 5.74) is 0. The van der Waals surface area contributed by atoms with Crippen molar-refractivity contribution in [3.8, 4) is 0 Å². The predicted molar refractivity (Wildman–Crippen MR) is 58.9 cm³/mol. The lowest BCUT2D eigenvalue weighted by molar-refractivity contribution is 0.0936. The van der Waals surface area contributed by atoms with Crippen molar-refractivity contribution in [2.45, 2.75) is 31.7 Å². The Morgan fingerprint density at radius 2 is 2.12 bits per heavy atom. The summed E-state index contributed by atoms with van der Waals surface area (Å²) in [5, 5.41) is 8.89. The summed E-state index contributed by atoms with van der Waals surface area (Å²) in [6.45, 7) is 1.76. The highest BCUT2D eigenvalue weighted by Crippen LogP contribution is 2.36. The van der Waals surface area contributed by atoms with Gasteiger partial charge in [0.1, 0.15) is 0 Å². The van der Waals surface area contributed by atoms with Crippen molar-refractivity contribution in [2.24, 2.45) is 0 Å². The number of piperidine rings is 1. The molecule has 0 bridgehead atoms. The zero-order chi connectivity index (χ0) is 12.0. The SMILES string of the molecule is O=P(O)(O)OCCC1CCCCN1CCO. The second kappa shape index (κ2) is 6.69. The molecule has 0 aromatic rings. The molecule has 1 aliphatic heterocycles. The molecule has 0 aromatic heterocycles. The number of β-amino-alcohol motifs (C(OH)–C–C–N with tert-alkyl or cyclic N) is 1. The van der Waals surface area contributed by atoms with Gasteiger partial charge in [-0.15, -0.1) is 0 Å². The molecule has 0 amide bonds. The zero-order valence-corrected chi connectivity index (χ0v) is 10.2. The second-order valence-electron chi connectivity index (χ2n) is 4.02. The van der Waals surface area contributed by atoms with Crippen LogP contribution in [-0.2, 0) is 9.09 Å². The van der Waals surface area contributed by atoms with Crippen LogP contribution in [0.15, 0.2) is 0 Å². The molecule has 7 heteroatoms. The van der Waals surface area contributed by atoms with Gasteiger partial charge < -0.3 is 14.9 Å². The molecule has 0 aromatic carbocycles. The largest absolute Gasteiger partial charge is 0.469 e. The second-order valence-corrected chi connectivity index (χ2v) is 5.26. The van der Waals surface area contributed by atoms with Crippen LogP contribution in [-0.4, -0.2) is 52.1 Å². The van der Waals surface area contributed by atoms with E-state index in [1.807, 2.05) is 0 Å². The molecule has 6 nitrogen and oxygen atoms in total. The summed E-state index contributed by atoms with van der Waals surface area (Å²) in [6.07, 6.45) is 3.86. The van der Waals surface area contributed by atoms with Crippen LogP contribution in [0.2, 0.25) is 0 Å². The molecule has 0 spiro atoms. The molecule has 1 heterocycles. The summed E-state index contributed by atoms with van der Waals surface area (Å²) in [6, 6.07) is 0.271. The molecule has 1 saturated heterocycles. The van der Waals surface area contributed by atoms with Gasteiger partial charge in [0.2, 0.25) is 0 Å². The zero-order valence-electron chi connectivity index (χ0n) is 9.29. The van der Waals surface area contributed by atoms with Crippen LogP contribution in [0.4, 0.5) is 0 Å². The molecule has 1 aliphatic rings. The van der Waals surface area contributed by atoms with Crippen molar-refractivity contribution in [2.75, 3.05) is 26.3 Å². The molecule has 0 saturated carbocycles. The molecule has 1 atom stereocenters. The van der Waals surface area contributed by atoms with Crippen LogP contribution in [0.25, 0.3) is 0 Å². The van der Waals surface area contributed by atoms with Crippen molar-refractivity contribution in [1.29, 1.82) is 0 Å². The van der Waals surface area contributed by atoms with Crippen molar-refractivity contribution < 1.29 is 24.0 Å². The van der Waals surface area contributed by atoms with Gasteiger partial charge in [0, 0.05) is 12.6 Å². The smallest absolute Gasteiger partial charge is 0.395 e. The molecule has 1 fully saturated rings. The van der Waals surface area contributed by atoms with Gasteiger partial charge in [-0.2, -0.15) is 0 Å². The molecular formula is C9H20NO5P. The highest BCUT2D eigenvalue weighted by atomic mass is 31.2.